The molecule has 16 heavy (non-hydrogen) atoms. The lowest BCUT2D eigenvalue weighted by Crippen LogP contribution is -2.43. The van der Waals surface area contributed by atoms with Gasteiger partial charge < -0.3 is 11.1 Å². The molecule has 4 heteroatoms. The molecule has 0 atom stereocenters. The fraction of sp³-hybridized carbons (Fsp3) is 0.500. The van der Waals surface area contributed by atoms with Crippen LogP contribution in [0.15, 0.2) is 12.1 Å². The Kier molecular flexibility index (Phi) is 3.69. The molecule has 1 aliphatic rings. The Balaban J connectivity index is 2.13. The Morgan fingerprint density at radius 2 is 2.06 bits per heavy atom. The second-order valence-corrected chi connectivity index (χ2v) is 4.75. The van der Waals surface area contributed by atoms with Crippen LogP contribution >= 0.6 is 11.6 Å². The number of halogens is 1. The van der Waals surface area contributed by atoms with Crippen LogP contribution in [0, 0.1) is 6.92 Å². The van der Waals surface area contributed by atoms with E-state index in [9.17, 15) is 0 Å². The molecule has 0 bridgehead atoms. The molecule has 0 saturated carbocycles. The van der Waals surface area contributed by atoms with Crippen LogP contribution in [0.5, 0.6) is 0 Å². The van der Waals surface area contributed by atoms with E-state index in [1.165, 1.54) is 5.56 Å². The highest BCUT2D eigenvalue weighted by Crippen LogP contribution is 2.25. The van der Waals surface area contributed by atoms with Crippen molar-refractivity contribution in [3.63, 3.8) is 0 Å². The van der Waals surface area contributed by atoms with E-state index in [0.29, 0.717) is 5.02 Å². The highest BCUT2D eigenvalue weighted by atomic mass is 35.5. The fourth-order valence-electron chi connectivity index (χ4n) is 2.07. The number of rotatable bonds is 2. The van der Waals surface area contributed by atoms with Crippen LogP contribution in [0.3, 0.4) is 0 Å². The zero-order chi connectivity index (χ0) is 11.5. The van der Waals surface area contributed by atoms with Crippen molar-refractivity contribution < 1.29 is 0 Å². The summed E-state index contributed by atoms with van der Waals surface area (Å²) in [4.78, 5) is 2.40. The Morgan fingerprint density at radius 1 is 1.38 bits per heavy atom. The zero-order valence-electron chi connectivity index (χ0n) is 9.59. The molecular weight excluding hydrogens is 222 g/mol. The first-order valence-corrected chi connectivity index (χ1v) is 6.02. The van der Waals surface area contributed by atoms with Gasteiger partial charge in [-0.15, -0.1) is 0 Å². The average molecular weight is 240 g/mol. The van der Waals surface area contributed by atoms with Gasteiger partial charge in [0.25, 0.3) is 0 Å². The molecule has 3 nitrogen and oxygen atoms in total. The van der Waals surface area contributed by atoms with E-state index in [-0.39, 0.29) is 0 Å². The first-order chi connectivity index (χ1) is 7.66. The van der Waals surface area contributed by atoms with E-state index >= 15 is 0 Å². The minimum absolute atomic E-state index is 0.671. The van der Waals surface area contributed by atoms with E-state index in [1.54, 1.807) is 0 Å². The lowest BCUT2D eigenvalue weighted by molar-refractivity contribution is 0.233. The monoisotopic (exact) mass is 239 g/mol. The molecule has 1 aliphatic heterocycles. The quantitative estimate of drug-likeness (QED) is 0.771. The number of anilines is 1. The molecule has 2 rings (SSSR count). The first-order valence-electron chi connectivity index (χ1n) is 5.64. The topological polar surface area (TPSA) is 41.3 Å². The van der Waals surface area contributed by atoms with E-state index in [1.807, 2.05) is 13.0 Å². The van der Waals surface area contributed by atoms with Gasteiger partial charge in [-0.2, -0.15) is 0 Å². The smallest absolute Gasteiger partial charge is 0.0641 e. The third-order valence-corrected chi connectivity index (χ3v) is 3.28. The predicted molar refractivity (Wildman–Crippen MR) is 68.7 cm³/mol. The minimum Gasteiger partial charge on any atom is -0.397 e. The number of aryl methyl sites for hydroxylation is 1. The number of hydrogen-bond acceptors (Lipinski definition) is 3. The van der Waals surface area contributed by atoms with Gasteiger partial charge in [0, 0.05) is 32.7 Å². The van der Waals surface area contributed by atoms with Crippen LogP contribution < -0.4 is 11.1 Å². The summed E-state index contributed by atoms with van der Waals surface area (Å²) in [5, 5.41) is 4.01. The van der Waals surface area contributed by atoms with Crippen LogP contribution in [0.2, 0.25) is 5.02 Å². The maximum absolute atomic E-state index is 6.08. The van der Waals surface area contributed by atoms with Crippen LogP contribution in [-0.4, -0.2) is 31.1 Å². The Labute approximate surface area is 102 Å². The van der Waals surface area contributed by atoms with E-state index in [0.717, 1.165) is 44.0 Å². The number of nitrogen functional groups attached to an aromatic ring is 1. The van der Waals surface area contributed by atoms with Crippen LogP contribution in [0.1, 0.15) is 11.1 Å². The van der Waals surface area contributed by atoms with Crippen molar-refractivity contribution in [2.24, 2.45) is 0 Å². The molecule has 1 aromatic rings. The normalized spacial score (nSPS) is 17.6. The van der Waals surface area contributed by atoms with Crippen molar-refractivity contribution in [2.45, 2.75) is 13.5 Å². The molecule has 1 fully saturated rings. The summed E-state index contributed by atoms with van der Waals surface area (Å²) in [5.74, 6) is 0. The second-order valence-electron chi connectivity index (χ2n) is 4.35. The number of nitrogens with zero attached hydrogens (tertiary/aromatic N) is 1. The molecule has 0 spiro atoms. The number of nitrogens with one attached hydrogen (secondary N) is 1. The van der Waals surface area contributed by atoms with Crippen molar-refractivity contribution in [3.05, 3.63) is 28.3 Å². The molecule has 0 aliphatic carbocycles. The predicted octanol–water partition coefficient (Wildman–Crippen LogP) is 1.64. The maximum atomic E-state index is 6.08. The first kappa shape index (κ1) is 11.7. The number of nitrogens with two attached hydrogens (primary N) is 1. The lowest BCUT2D eigenvalue weighted by atomic mass is 10.1. The molecule has 3 N–H and O–H groups in total. The molecule has 1 aromatic carbocycles. The van der Waals surface area contributed by atoms with Gasteiger partial charge in [-0.1, -0.05) is 17.7 Å². The molecule has 88 valence electrons. The molecule has 1 saturated heterocycles. The van der Waals surface area contributed by atoms with Gasteiger partial charge in [0.15, 0.2) is 0 Å². The zero-order valence-corrected chi connectivity index (χ0v) is 10.3. The summed E-state index contributed by atoms with van der Waals surface area (Å²) in [6, 6.07) is 4.04. The lowest BCUT2D eigenvalue weighted by Gasteiger charge is -2.27. The Morgan fingerprint density at radius 3 is 2.75 bits per heavy atom. The van der Waals surface area contributed by atoms with Crippen molar-refractivity contribution in [1.29, 1.82) is 0 Å². The highest BCUT2D eigenvalue weighted by Gasteiger charge is 2.12. The number of hydrogen-bond donors (Lipinski definition) is 2. The van der Waals surface area contributed by atoms with Gasteiger partial charge in [0.05, 0.1) is 10.7 Å². The van der Waals surface area contributed by atoms with Crippen molar-refractivity contribution in [1.82, 2.24) is 10.2 Å². The molecule has 1 heterocycles. The Bertz CT molecular complexity index is 373. The summed E-state index contributed by atoms with van der Waals surface area (Å²) in [5.41, 5.74) is 9.04. The third-order valence-electron chi connectivity index (χ3n) is 2.96. The molecule has 0 aromatic heterocycles. The van der Waals surface area contributed by atoms with Crippen LogP contribution in [0.4, 0.5) is 5.69 Å². The van der Waals surface area contributed by atoms with Gasteiger partial charge >= 0.3 is 0 Å². The summed E-state index contributed by atoms with van der Waals surface area (Å²) < 4.78 is 0. The van der Waals surface area contributed by atoms with Gasteiger partial charge in [0.1, 0.15) is 0 Å². The largest absolute Gasteiger partial charge is 0.397 e. The van der Waals surface area contributed by atoms with Crippen molar-refractivity contribution >= 4 is 17.3 Å². The minimum atomic E-state index is 0.671. The van der Waals surface area contributed by atoms with Gasteiger partial charge in [0.2, 0.25) is 0 Å². The maximum Gasteiger partial charge on any atom is 0.0641 e. The molecular formula is C12H18ClN3. The van der Waals surface area contributed by atoms with Crippen LogP contribution in [0.25, 0.3) is 0 Å². The molecule has 0 unspecified atom stereocenters. The van der Waals surface area contributed by atoms with E-state index < -0.39 is 0 Å². The van der Waals surface area contributed by atoms with Crippen molar-refractivity contribution in [3.8, 4) is 0 Å². The van der Waals surface area contributed by atoms with E-state index in [2.05, 4.69) is 16.3 Å². The van der Waals surface area contributed by atoms with Crippen LogP contribution in [-0.2, 0) is 6.54 Å². The van der Waals surface area contributed by atoms with Crippen molar-refractivity contribution in [2.75, 3.05) is 31.9 Å². The fourth-order valence-corrected chi connectivity index (χ4v) is 2.36. The van der Waals surface area contributed by atoms with Gasteiger partial charge in [-0.05, 0) is 24.1 Å². The summed E-state index contributed by atoms with van der Waals surface area (Å²) in [7, 11) is 0. The summed E-state index contributed by atoms with van der Waals surface area (Å²) >= 11 is 6.08. The highest BCUT2D eigenvalue weighted by molar-refractivity contribution is 6.33. The molecule has 0 radical (unpaired) electrons. The second kappa shape index (κ2) is 5.04. The van der Waals surface area contributed by atoms with Gasteiger partial charge in [-0.25, -0.2) is 0 Å². The summed E-state index contributed by atoms with van der Waals surface area (Å²) in [6.45, 7) is 7.20. The average Bonchev–Trinajstić information content (AvgIpc) is 2.27. The standard InChI is InChI=1S/C12H18ClN3/c1-9-6-10(12(14)11(13)7-9)8-16-4-2-15-3-5-16/h6-7,15H,2-5,8,14H2,1H3. The summed E-state index contributed by atoms with van der Waals surface area (Å²) in [6.07, 6.45) is 0. The third kappa shape index (κ3) is 2.67. The van der Waals surface area contributed by atoms with Gasteiger partial charge in [-0.3, -0.25) is 4.90 Å². The number of benzene rings is 1. The number of piperazine rings is 1. The Hall–Kier alpha value is -0.770. The molecule has 0 amide bonds. The van der Waals surface area contributed by atoms with E-state index in [4.69, 9.17) is 17.3 Å². The SMILES string of the molecule is Cc1cc(Cl)c(N)c(CN2CCNCC2)c1.